The Hall–Kier alpha value is -1.51. The van der Waals surface area contributed by atoms with Gasteiger partial charge in [0.05, 0.1) is 5.92 Å². The van der Waals surface area contributed by atoms with Crippen molar-refractivity contribution in [2.45, 2.75) is 45.4 Å². The van der Waals surface area contributed by atoms with Gasteiger partial charge in [-0.15, -0.1) is 0 Å². The van der Waals surface area contributed by atoms with Crippen LogP contribution in [0.2, 0.25) is 0 Å². The standard InChI is InChI=1S/C14H20O3/c1-5-14(3,4)10-6-7-12(15)11(8-10)9(2)13(16)17/h6-9,15H,5H2,1-4H3,(H,16,17). The Balaban J connectivity index is 3.24. The maximum absolute atomic E-state index is 11.0. The molecule has 1 atom stereocenters. The normalized spacial score (nSPS) is 13.4. The highest BCUT2D eigenvalue weighted by molar-refractivity contribution is 5.76. The Morgan fingerprint density at radius 1 is 1.41 bits per heavy atom. The van der Waals surface area contributed by atoms with Gasteiger partial charge in [-0.1, -0.05) is 32.9 Å². The number of rotatable bonds is 4. The van der Waals surface area contributed by atoms with Crippen LogP contribution in [0.25, 0.3) is 0 Å². The van der Waals surface area contributed by atoms with Crippen LogP contribution in [-0.4, -0.2) is 16.2 Å². The molecule has 0 fully saturated rings. The van der Waals surface area contributed by atoms with Crippen LogP contribution in [0.1, 0.15) is 51.2 Å². The second kappa shape index (κ2) is 4.78. The zero-order valence-electron chi connectivity index (χ0n) is 10.8. The lowest BCUT2D eigenvalue weighted by Crippen LogP contribution is -2.16. The van der Waals surface area contributed by atoms with Crippen molar-refractivity contribution in [3.05, 3.63) is 29.3 Å². The van der Waals surface area contributed by atoms with E-state index in [-0.39, 0.29) is 11.2 Å². The molecule has 0 aliphatic carbocycles. The van der Waals surface area contributed by atoms with Crippen molar-refractivity contribution >= 4 is 5.97 Å². The Bertz CT molecular complexity index is 421. The summed E-state index contributed by atoms with van der Waals surface area (Å²) in [7, 11) is 0. The molecule has 0 bridgehead atoms. The number of carboxylic acid groups (broad SMARTS) is 1. The summed E-state index contributed by atoms with van der Waals surface area (Å²) in [5, 5.41) is 18.7. The van der Waals surface area contributed by atoms with Crippen LogP contribution in [0.15, 0.2) is 18.2 Å². The lowest BCUT2D eigenvalue weighted by molar-refractivity contribution is -0.138. The van der Waals surface area contributed by atoms with Gasteiger partial charge in [-0.2, -0.15) is 0 Å². The topological polar surface area (TPSA) is 57.5 Å². The lowest BCUT2D eigenvalue weighted by atomic mass is 9.80. The van der Waals surface area contributed by atoms with E-state index in [1.807, 2.05) is 6.07 Å². The molecule has 1 unspecified atom stereocenters. The van der Waals surface area contributed by atoms with E-state index >= 15 is 0 Å². The lowest BCUT2D eigenvalue weighted by Gasteiger charge is -2.24. The number of aliphatic carboxylic acids is 1. The minimum atomic E-state index is -0.924. The summed E-state index contributed by atoms with van der Waals surface area (Å²) in [6, 6.07) is 5.25. The number of aromatic hydroxyl groups is 1. The number of hydrogen-bond donors (Lipinski definition) is 2. The van der Waals surface area contributed by atoms with Crippen LogP contribution in [0.5, 0.6) is 5.75 Å². The van der Waals surface area contributed by atoms with Gasteiger partial charge in [0, 0.05) is 5.56 Å². The summed E-state index contributed by atoms with van der Waals surface area (Å²) in [5.74, 6) is -1.56. The highest BCUT2D eigenvalue weighted by atomic mass is 16.4. The SMILES string of the molecule is CCC(C)(C)c1ccc(O)c(C(C)C(=O)O)c1. The maximum Gasteiger partial charge on any atom is 0.310 e. The predicted octanol–water partition coefficient (Wildman–Crippen LogP) is 3.27. The molecule has 0 saturated carbocycles. The van der Waals surface area contributed by atoms with Crippen molar-refractivity contribution in [1.82, 2.24) is 0 Å². The van der Waals surface area contributed by atoms with Crippen molar-refractivity contribution in [3.63, 3.8) is 0 Å². The van der Waals surface area contributed by atoms with Crippen LogP contribution < -0.4 is 0 Å². The summed E-state index contributed by atoms with van der Waals surface area (Å²) in [4.78, 5) is 11.0. The number of phenolic OH excluding ortho intramolecular Hbond substituents is 1. The Kier molecular flexibility index (Phi) is 3.81. The minimum Gasteiger partial charge on any atom is -0.508 e. The van der Waals surface area contributed by atoms with Gasteiger partial charge in [0.25, 0.3) is 0 Å². The van der Waals surface area contributed by atoms with Crippen molar-refractivity contribution in [1.29, 1.82) is 0 Å². The van der Waals surface area contributed by atoms with Crippen LogP contribution in [-0.2, 0) is 10.2 Å². The third kappa shape index (κ3) is 2.78. The molecule has 0 heterocycles. The molecule has 0 amide bonds. The highest BCUT2D eigenvalue weighted by Gasteiger charge is 2.23. The molecule has 1 aromatic carbocycles. The van der Waals surface area contributed by atoms with Crippen LogP contribution >= 0.6 is 0 Å². The fourth-order valence-electron chi connectivity index (χ4n) is 1.66. The molecule has 17 heavy (non-hydrogen) atoms. The predicted molar refractivity (Wildman–Crippen MR) is 67.5 cm³/mol. The number of benzene rings is 1. The van der Waals surface area contributed by atoms with Gasteiger partial charge in [-0.05, 0) is 30.4 Å². The summed E-state index contributed by atoms with van der Waals surface area (Å²) >= 11 is 0. The summed E-state index contributed by atoms with van der Waals surface area (Å²) < 4.78 is 0. The smallest absolute Gasteiger partial charge is 0.310 e. The van der Waals surface area contributed by atoms with Crippen LogP contribution in [0, 0.1) is 0 Å². The first-order chi connectivity index (χ1) is 7.79. The molecule has 0 spiro atoms. The van der Waals surface area contributed by atoms with Gasteiger partial charge in [0.2, 0.25) is 0 Å². The summed E-state index contributed by atoms with van der Waals surface area (Å²) in [6.07, 6.45) is 0.957. The van der Waals surface area contributed by atoms with Crippen LogP contribution in [0.4, 0.5) is 0 Å². The Morgan fingerprint density at radius 3 is 2.47 bits per heavy atom. The number of phenols is 1. The fourth-order valence-corrected chi connectivity index (χ4v) is 1.66. The second-order valence-corrected chi connectivity index (χ2v) is 5.07. The van der Waals surface area contributed by atoms with E-state index in [2.05, 4.69) is 20.8 Å². The van der Waals surface area contributed by atoms with Crippen molar-refractivity contribution < 1.29 is 15.0 Å². The first-order valence-electron chi connectivity index (χ1n) is 5.85. The zero-order valence-corrected chi connectivity index (χ0v) is 10.8. The van der Waals surface area contributed by atoms with E-state index in [1.54, 1.807) is 19.1 Å². The molecule has 0 aromatic heterocycles. The summed E-state index contributed by atoms with van der Waals surface area (Å²) in [5.41, 5.74) is 1.53. The maximum atomic E-state index is 11.0. The molecule has 1 rings (SSSR count). The molecule has 3 heteroatoms. The van der Waals surface area contributed by atoms with Crippen LogP contribution in [0.3, 0.4) is 0 Å². The van der Waals surface area contributed by atoms with Gasteiger partial charge < -0.3 is 10.2 Å². The van der Waals surface area contributed by atoms with Gasteiger partial charge in [0.1, 0.15) is 5.75 Å². The molecule has 94 valence electrons. The number of carbonyl (C=O) groups is 1. The first kappa shape index (κ1) is 13.6. The van der Waals surface area contributed by atoms with E-state index < -0.39 is 11.9 Å². The van der Waals surface area contributed by atoms with Crippen molar-refractivity contribution in [2.24, 2.45) is 0 Å². The average Bonchev–Trinajstić information content (AvgIpc) is 2.28. The Labute approximate surface area is 102 Å². The van der Waals surface area contributed by atoms with Gasteiger partial charge in [-0.25, -0.2) is 0 Å². The van der Waals surface area contributed by atoms with E-state index in [0.717, 1.165) is 12.0 Å². The van der Waals surface area contributed by atoms with Gasteiger partial charge >= 0.3 is 5.97 Å². The highest BCUT2D eigenvalue weighted by Crippen LogP contribution is 2.33. The molecule has 0 saturated heterocycles. The monoisotopic (exact) mass is 236 g/mol. The van der Waals surface area contributed by atoms with E-state index in [1.165, 1.54) is 0 Å². The minimum absolute atomic E-state index is 0.0132. The van der Waals surface area contributed by atoms with Crippen molar-refractivity contribution in [2.75, 3.05) is 0 Å². The number of hydrogen-bond acceptors (Lipinski definition) is 2. The average molecular weight is 236 g/mol. The number of carboxylic acids is 1. The molecule has 0 radical (unpaired) electrons. The zero-order chi connectivity index (χ0) is 13.2. The van der Waals surface area contributed by atoms with E-state index in [9.17, 15) is 9.90 Å². The quantitative estimate of drug-likeness (QED) is 0.843. The first-order valence-corrected chi connectivity index (χ1v) is 5.85. The molecular formula is C14H20O3. The third-order valence-corrected chi connectivity index (χ3v) is 3.53. The third-order valence-electron chi connectivity index (χ3n) is 3.53. The molecule has 0 aliphatic rings. The van der Waals surface area contributed by atoms with E-state index in [4.69, 9.17) is 5.11 Å². The Morgan fingerprint density at radius 2 is 2.00 bits per heavy atom. The molecule has 0 aliphatic heterocycles. The molecule has 3 nitrogen and oxygen atoms in total. The van der Waals surface area contributed by atoms with Gasteiger partial charge in [-0.3, -0.25) is 4.79 Å². The fraction of sp³-hybridized carbons (Fsp3) is 0.500. The van der Waals surface area contributed by atoms with Gasteiger partial charge in [0.15, 0.2) is 0 Å². The summed E-state index contributed by atoms with van der Waals surface area (Å²) in [6.45, 7) is 7.89. The van der Waals surface area contributed by atoms with Crippen molar-refractivity contribution in [3.8, 4) is 5.75 Å². The van der Waals surface area contributed by atoms with E-state index in [0.29, 0.717) is 5.56 Å². The molecular weight excluding hydrogens is 216 g/mol. The molecule has 1 aromatic rings. The molecule has 2 N–H and O–H groups in total. The largest absolute Gasteiger partial charge is 0.508 e. The second-order valence-electron chi connectivity index (χ2n) is 5.07.